The molecular weight excluding hydrogens is 488 g/mol. The molecule has 0 saturated heterocycles. The zero-order chi connectivity index (χ0) is 27.4. The fraction of sp³-hybridized carbons (Fsp3) is 0.200. The summed E-state index contributed by atoms with van der Waals surface area (Å²) in [5.41, 5.74) is 3.39. The summed E-state index contributed by atoms with van der Waals surface area (Å²) in [4.78, 5) is 33.1. The van der Waals surface area contributed by atoms with Crippen molar-refractivity contribution in [2.45, 2.75) is 38.6 Å². The number of nitrogens with zero attached hydrogens (tertiary/aromatic N) is 2. The van der Waals surface area contributed by atoms with Crippen molar-refractivity contribution in [1.29, 1.82) is 0 Å². The highest BCUT2D eigenvalue weighted by Gasteiger charge is 2.22. The number of aliphatic carboxylic acids is 1. The first-order chi connectivity index (χ1) is 18.0. The van der Waals surface area contributed by atoms with Crippen molar-refractivity contribution in [3.05, 3.63) is 107 Å². The zero-order valence-corrected chi connectivity index (χ0v) is 21.2. The summed E-state index contributed by atoms with van der Waals surface area (Å²) < 4.78 is 27.2. The Morgan fingerprint density at radius 1 is 0.895 bits per heavy atom. The van der Waals surface area contributed by atoms with Gasteiger partial charge in [-0.25, -0.2) is 23.5 Å². The van der Waals surface area contributed by atoms with Crippen LogP contribution in [0, 0.1) is 11.6 Å². The molecule has 38 heavy (non-hydrogen) atoms. The van der Waals surface area contributed by atoms with Crippen LogP contribution in [0.1, 0.15) is 42.3 Å². The van der Waals surface area contributed by atoms with Crippen molar-refractivity contribution >= 4 is 11.9 Å². The fourth-order valence-corrected chi connectivity index (χ4v) is 3.93. The SMILES string of the molecule is CC(C)(C)c1ccc(C(=O)NC(Cc2ccc(-c3ncc(-c4ccc(F)cc4F)cn3)cc2)C(=O)O)cc1. The summed E-state index contributed by atoms with van der Waals surface area (Å²) in [6.07, 6.45) is 3.00. The molecule has 194 valence electrons. The van der Waals surface area contributed by atoms with E-state index in [2.05, 4.69) is 36.1 Å². The van der Waals surface area contributed by atoms with Crippen LogP contribution in [0.2, 0.25) is 0 Å². The van der Waals surface area contributed by atoms with Crippen molar-refractivity contribution in [2.24, 2.45) is 0 Å². The second-order valence-electron chi connectivity index (χ2n) is 10.0. The van der Waals surface area contributed by atoms with Gasteiger partial charge in [-0.1, -0.05) is 57.2 Å². The molecule has 1 atom stereocenters. The fourth-order valence-electron chi connectivity index (χ4n) is 3.93. The van der Waals surface area contributed by atoms with E-state index in [1.54, 1.807) is 36.4 Å². The lowest BCUT2D eigenvalue weighted by Crippen LogP contribution is -2.42. The van der Waals surface area contributed by atoms with Crippen LogP contribution in [0.3, 0.4) is 0 Å². The Labute approximate surface area is 219 Å². The van der Waals surface area contributed by atoms with Gasteiger partial charge in [0.1, 0.15) is 17.7 Å². The smallest absolute Gasteiger partial charge is 0.326 e. The molecule has 1 amide bonds. The van der Waals surface area contributed by atoms with Crippen molar-refractivity contribution in [1.82, 2.24) is 15.3 Å². The minimum absolute atomic E-state index is 0.0572. The molecule has 6 nitrogen and oxygen atoms in total. The molecule has 0 radical (unpaired) electrons. The lowest BCUT2D eigenvalue weighted by Gasteiger charge is -2.19. The molecule has 3 aromatic carbocycles. The maximum Gasteiger partial charge on any atom is 0.326 e. The number of halogens is 2. The number of carbonyl (C=O) groups is 2. The van der Waals surface area contributed by atoms with E-state index in [1.807, 2.05) is 12.1 Å². The predicted octanol–water partition coefficient (Wildman–Crippen LogP) is 5.81. The number of benzene rings is 3. The third-order valence-electron chi connectivity index (χ3n) is 6.16. The molecule has 4 aromatic rings. The second-order valence-corrected chi connectivity index (χ2v) is 10.0. The van der Waals surface area contributed by atoms with E-state index < -0.39 is 29.6 Å². The van der Waals surface area contributed by atoms with Gasteiger partial charge >= 0.3 is 5.97 Å². The van der Waals surface area contributed by atoms with Crippen LogP contribution in [0.15, 0.2) is 79.1 Å². The maximum atomic E-state index is 14.0. The molecule has 1 unspecified atom stereocenters. The van der Waals surface area contributed by atoms with Gasteiger partial charge in [0.2, 0.25) is 0 Å². The highest BCUT2D eigenvalue weighted by Crippen LogP contribution is 2.25. The van der Waals surface area contributed by atoms with Crippen LogP contribution in [0.5, 0.6) is 0 Å². The minimum atomic E-state index is -1.14. The molecule has 0 aliphatic heterocycles. The summed E-state index contributed by atoms with van der Waals surface area (Å²) in [7, 11) is 0. The van der Waals surface area contributed by atoms with Crippen LogP contribution in [0.25, 0.3) is 22.5 Å². The molecule has 1 heterocycles. The molecule has 4 rings (SSSR count). The average molecular weight is 516 g/mol. The number of hydrogen-bond acceptors (Lipinski definition) is 4. The number of carboxylic acid groups (broad SMARTS) is 1. The van der Waals surface area contributed by atoms with E-state index in [1.165, 1.54) is 24.5 Å². The van der Waals surface area contributed by atoms with E-state index in [9.17, 15) is 23.5 Å². The summed E-state index contributed by atoms with van der Waals surface area (Å²) >= 11 is 0. The van der Waals surface area contributed by atoms with Gasteiger partial charge in [0.05, 0.1) is 0 Å². The molecule has 0 saturated carbocycles. The molecule has 8 heteroatoms. The van der Waals surface area contributed by atoms with Crippen molar-refractivity contribution < 1.29 is 23.5 Å². The Bertz CT molecular complexity index is 1450. The van der Waals surface area contributed by atoms with Gasteiger partial charge in [-0.15, -0.1) is 0 Å². The lowest BCUT2D eigenvalue weighted by molar-refractivity contribution is -0.139. The van der Waals surface area contributed by atoms with E-state index >= 15 is 0 Å². The summed E-state index contributed by atoms with van der Waals surface area (Å²) in [5, 5.41) is 12.3. The zero-order valence-electron chi connectivity index (χ0n) is 21.2. The standard InChI is InChI=1S/C30H27F2N3O3/c1-30(2,3)22-10-8-20(9-11-22)28(36)35-26(29(37)38)14-18-4-6-19(7-5-18)27-33-16-21(17-34-27)24-13-12-23(31)15-25(24)32/h4-13,15-17,26H,14H2,1-3H3,(H,35,36)(H,37,38). The monoisotopic (exact) mass is 515 g/mol. The quantitative estimate of drug-likeness (QED) is 0.324. The Kier molecular flexibility index (Phi) is 7.62. The highest BCUT2D eigenvalue weighted by molar-refractivity contribution is 5.96. The van der Waals surface area contributed by atoms with E-state index in [4.69, 9.17) is 0 Å². The molecule has 0 spiro atoms. The number of carboxylic acids is 1. The van der Waals surface area contributed by atoms with Gasteiger partial charge in [-0.3, -0.25) is 4.79 Å². The van der Waals surface area contributed by atoms with Crippen LogP contribution in [-0.4, -0.2) is 33.0 Å². The van der Waals surface area contributed by atoms with Crippen LogP contribution >= 0.6 is 0 Å². The molecule has 2 N–H and O–H groups in total. The predicted molar refractivity (Wildman–Crippen MR) is 141 cm³/mol. The normalized spacial score (nSPS) is 12.1. The molecule has 0 fully saturated rings. The van der Waals surface area contributed by atoms with E-state index in [-0.39, 0.29) is 17.4 Å². The topological polar surface area (TPSA) is 92.2 Å². The largest absolute Gasteiger partial charge is 0.480 e. The van der Waals surface area contributed by atoms with Gasteiger partial charge in [0, 0.05) is 47.1 Å². The summed E-state index contributed by atoms with van der Waals surface area (Å²) in [5.74, 6) is -2.57. The number of carbonyl (C=O) groups excluding carboxylic acids is 1. The van der Waals surface area contributed by atoms with Crippen LogP contribution in [0.4, 0.5) is 8.78 Å². The lowest BCUT2D eigenvalue weighted by atomic mass is 9.86. The first kappa shape index (κ1) is 26.6. The van der Waals surface area contributed by atoms with Gasteiger partial charge in [0.25, 0.3) is 5.91 Å². The van der Waals surface area contributed by atoms with Gasteiger partial charge in [-0.2, -0.15) is 0 Å². The average Bonchev–Trinajstić information content (AvgIpc) is 2.88. The Morgan fingerprint density at radius 2 is 1.53 bits per heavy atom. The molecule has 1 aromatic heterocycles. The van der Waals surface area contributed by atoms with Crippen molar-refractivity contribution in [2.75, 3.05) is 0 Å². The van der Waals surface area contributed by atoms with Crippen molar-refractivity contribution in [3.8, 4) is 22.5 Å². The van der Waals surface area contributed by atoms with Gasteiger partial charge < -0.3 is 10.4 Å². The molecule has 0 bridgehead atoms. The number of nitrogens with one attached hydrogen (secondary N) is 1. The number of aromatic nitrogens is 2. The first-order valence-electron chi connectivity index (χ1n) is 12.0. The summed E-state index contributed by atoms with van der Waals surface area (Å²) in [6, 6.07) is 16.3. The Hall–Kier alpha value is -4.46. The third kappa shape index (κ3) is 6.26. The van der Waals surface area contributed by atoms with Gasteiger partial charge in [-0.05, 0) is 40.8 Å². The number of rotatable bonds is 7. The Morgan fingerprint density at radius 3 is 2.08 bits per heavy atom. The first-order valence-corrected chi connectivity index (χ1v) is 12.0. The van der Waals surface area contributed by atoms with Crippen LogP contribution < -0.4 is 5.32 Å². The van der Waals surface area contributed by atoms with Crippen LogP contribution in [-0.2, 0) is 16.6 Å². The summed E-state index contributed by atoms with van der Waals surface area (Å²) in [6.45, 7) is 6.22. The highest BCUT2D eigenvalue weighted by atomic mass is 19.1. The second kappa shape index (κ2) is 10.9. The van der Waals surface area contributed by atoms with E-state index in [0.29, 0.717) is 28.1 Å². The number of amides is 1. The van der Waals surface area contributed by atoms with E-state index in [0.717, 1.165) is 11.6 Å². The number of hydrogen-bond donors (Lipinski definition) is 2. The maximum absolute atomic E-state index is 14.0. The van der Waals surface area contributed by atoms with Crippen molar-refractivity contribution in [3.63, 3.8) is 0 Å². The minimum Gasteiger partial charge on any atom is -0.480 e. The molecule has 0 aliphatic rings. The molecule has 0 aliphatic carbocycles. The molecular formula is C30H27F2N3O3. The third-order valence-corrected chi connectivity index (χ3v) is 6.16. The van der Waals surface area contributed by atoms with Gasteiger partial charge in [0.15, 0.2) is 5.82 Å². The Balaban J connectivity index is 1.43.